The number of alkyl halides is 3. The maximum atomic E-state index is 14.1. The van der Waals surface area contributed by atoms with Crippen LogP contribution in [0, 0.1) is 0 Å². The minimum Gasteiger partial charge on any atom is -0.394 e. The van der Waals surface area contributed by atoms with Crippen molar-refractivity contribution in [2.45, 2.75) is 17.8 Å². The quantitative estimate of drug-likeness (QED) is 0.368. The molecule has 0 saturated heterocycles. The topological polar surface area (TPSA) is 47.3 Å². The first-order valence-electron chi connectivity index (χ1n) is 10.5. The summed E-state index contributed by atoms with van der Waals surface area (Å²) in [7, 11) is 0. The predicted molar refractivity (Wildman–Crippen MR) is 119 cm³/mol. The van der Waals surface area contributed by atoms with Crippen LogP contribution in [0.2, 0.25) is 0 Å². The van der Waals surface area contributed by atoms with Gasteiger partial charge in [0.15, 0.2) is 0 Å². The van der Waals surface area contributed by atoms with E-state index in [9.17, 15) is 13.2 Å². The van der Waals surface area contributed by atoms with Crippen LogP contribution in [0.3, 0.4) is 0 Å². The van der Waals surface area contributed by atoms with E-state index >= 15 is 0 Å². The van der Waals surface area contributed by atoms with E-state index in [2.05, 4.69) is 4.98 Å². The highest BCUT2D eigenvalue weighted by Crippen LogP contribution is 2.44. The fraction of sp³-hybridized carbons (Fsp3) is 0.192. The van der Waals surface area contributed by atoms with Crippen molar-refractivity contribution in [3.05, 3.63) is 126 Å². The zero-order chi connectivity index (χ0) is 23.3. The van der Waals surface area contributed by atoms with Crippen molar-refractivity contribution >= 4 is 0 Å². The Balaban J connectivity index is 2.08. The smallest absolute Gasteiger partial charge is 0.394 e. The molecule has 1 atom stereocenters. The first kappa shape index (κ1) is 22.8. The standard InChI is InChI=1S/C26H23F3N2O2/c27-26(28,29)23(33-19-18-32)24-30-16-17-31(24)25(20-10-4-1-5-11-20,21-12-6-2-7-13-21)22-14-8-3-9-15-22/h1-17,23,32H,18-19H2. The number of hydrogen-bond donors (Lipinski definition) is 1. The molecule has 0 aliphatic rings. The van der Waals surface area contributed by atoms with Crippen LogP contribution in [0.15, 0.2) is 103 Å². The highest BCUT2D eigenvalue weighted by Gasteiger charge is 2.48. The van der Waals surface area contributed by atoms with Crippen molar-refractivity contribution in [3.63, 3.8) is 0 Å². The van der Waals surface area contributed by atoms with E-state index < -0.39 is 31.0 Å². The zero-order valence-electron chi connectivity index (χ0n) is 17.7. The van der Waals surface area contributed by atoms with Gasteiger partial charge in [0.2, 0.25) is 6.10 Å². The highest BCUT2D eigenvalue weighted by molar-refractivity contribution is 5.51. The fourth-order valence-corrected chi connectivity index (χ4v) is 4.23. The van der Waals surface area contributed by atoms with Crippen LogP contribution in [-0.4, -0.2) is 34.0 Å². The van der Waals surface area contributed by atoms with Gasteiger partial charge < -0.3 is 14.4 Å². The number of imidazole rings is 1. The number of ether oxygens (including phenoxy) is 1. The number of aliphatic hydroxyl groups is 1. The Hall–Kier alpha value is -3.42. The van der Waals surface area contributed by atoms with E-state index in [-0.39, 0.29) is 5.82 Å². The molecule has 0 amide bonds. The van der Waals surface area contributed by atoms with Gasteiger partial charge >= 0.3 is 6.18 Å². The molecule has 4 nitrogen and oxygen atoms in total. The first-order valence-corrected chi connectivity index (χ1v) is 10.5. The van der Waals surface area contributed by atoms with Crippen LogP contribution < -0.4 is 0 Å². The second-order valence-electron chi connectivity index (χ2n) is 7.48. The van der Waals surface area contributed by atoms with Crippen LogP contribution in [0.5, 0.6) is 0 Å². The molecule has 1 heterocycles. The van der Waals surface area contributed by atoms with Gasteiger partial charge in [-0.25, -0.2) is 4.98 Å². The van der Waals surface area contributed by atoms with Crippen LogP contribution in [-0.2, 0) is 10.3 Å². The van der Waals surface area contributed by atoms with Gasteiger partial charge in [0.05, 0.1) is 13.2 Å². The average Bonchev–Trinajstić information content (AvgIpc) is 3.31. The summed E-state index contributed by atoms with van der Waals surface area (Å²) in [5, 5.41) is 9.12. The molecule has 1 unspecified atom stereocenters. The molecular weight excluding hydrogens is 429 g/mol. The van der Waals surface area contributed by atoms with Crippen LogP contribution >= 0.6 is 0 Å². The summed E-state index contributed by atoms with van der Waals surface area (Å²) in [6.45, 7) is -0.999. The lowest BCUT2D eigenvalue weighted by Gasteiger charge is -2.39. The molecule has 7 heteroatoms. The summed E-state index contributed by atoms with van der Waals surface area (Å²) in [5.74, 6) is -0.299. The summed E-state index contributed by atoms with van der Waals surface area (Å²) >= 11 is 0. The third-order valence-corrected chi connectivity index (χ3v) is 5.51. The molecule has 0 radical (unpaired) electrons. The third-order valence-electron chi connectivity index (χ3n) is 5.51. The van der Waals surface area contributed by atoms with Gasteiger partial charge in [-0.1, -0.05) is 91.0 Å². The minimum atomic E-state index is -4.73. The van der Waals surface area contributed by atoms with E-state index in [0.717, 1.165) is 16.7 Å². The van der Waals surface area contributed by atoms with Crippen molar-refractivity contribution in [2.75, 3.05) is 13.2 Å². The summed E-state index contributed by atoms with van der Waals surface area (Å²) in [6.07, 6.45) is -4.15. The van der Waals surface area contributed by atoms with E-state index in [0.29, 0.717) is 0 Å². The molecule has 4 rings (SSSR count). The van der Waals surface area contributed by atoms with Crippen molar-refractivity contribution in [2.24, 2.45) is 0 Å². The molecule has 170 valence electrons. The Labute approximate surface area is 189 Å². The van der Waals surface area contributed by atoms with E-state index in [1.807, 2.05) is 91.0 Å². The number of nitrogens with zero attached hydrogens (tertiary/aromatic N) is 2. The summed E-state index contributed by atoms with van der Waals surface area (Å²) in [4.78, 5) is 4.11. The lowest BCUT2D eigenvalue weighted by atomic mass is 9.76. The fourth-order valence-electron chi connectivity index (χ4n) is 4.23. The third kappa shape index (κ3) is 4.29. The van der Waals surface area contributed by atoms with Gasteiger partial charge in [-0.3, -0.25) is 0 Å². The zero-order valence-corrected chi connectivity index (χ0v) is 17.7. The molecule has 33 heavy (non-hydrogen) atoms. The molecular formula is C26H23F3N2O2. The van der Waals surface area contributed by atoms with Gasteiger partial charge in [0.1, 0.15) is 11.4 Å². The number of hydrogen-bond acceptors (Lipinski definition) is 3. The number of benzene rings is 3. The lowest BCUT2D eigenvalue weighted by Crippen LogP contribution is -2.40. The van der Waals surface area contributed by atoms with Gasteiger partial charge in [0.25, 0.3) is 0 Å². The highest BCUT2D eigenvalue weighted by atomic mass is 19.4. The second-order valence-corrected chi connectivity index (χ2v) is 7.48. The predicted octanol–water partition coefficient (Wildman–Crippen LogP) is 5.34. The minimum absolute atomic E-state index is 0.299. The molecule has 0 bridgehead atoms. The SMILES string of the molecule is OCCOC(c1nccn1C(c1ccccc1)(c1ccccc1)c1ccccc1)C(F)(F)F. The van der Waals surface area contributed by atoms with Gasteiger partial charge in [-0.05, 0) is 16.7 Å². The summed E-state index contributed by atoms with van der Waals surface area (Å²) < 4.78 is 49.0. The second kappa shape index (κ2) is 9.60. The Morgan fingerprint density at radius 1 is 0.788 bits per heavy atom. The van der Waals surface area contributed by atoms with Crippen LogP contribution in [0.1, 0.15) is 28.6 Å². The largest absolute Gasteiger partial charge is 0.421 e. The molecule has 3 aromatic carbocycles. The first-order chi connectivity index (χ1) is 16.0. The lowest BCUT2D eigenvalue weighted by molar-refractivity contribution is -0.228. The van der Waals surface area contributed by atoms with Crippen LogP contribution in [0.25, 0.3) is 0 Å². The molecule has 0 spiro atoms. The molecule has 1 N–H and O–H groups in total. The molecule has 4 aromatic rings. The Bertz CT molecular complexity index is 1050. The maximum Gasteiger partial charge on any atom is 0.421 e. The van der Waals surface area contributed by atoms with Gasteiger partial charge in [-0.15, -0.1) is 0 Å². The summed E-state index contributed by atoms with van der Waals surface area (Å²) in [5.41, 5.74) is 1.15. The molecule has 1 aromatic heterocycles. The van der Waals surface area contributed by atoms with Crippen molar-refractivity contribution in [3.8, 4) is 0 Å². The maximum absolute atomic E-state index is 14.1. The number of aliphatic hydroxyl groups excluding tert-OH is 1. The normalized spacial score (nSPS) is 13.1. The monoisotopic (exact) mass is 452 g/mol. The van der Waals surface area contributed by atoms with Crippen molar-refractivity contribution in [1.29, 1.82) is 0 Å². The van der Waals surface area contributed by atoms with Crippen molar-refractivity contribution in [1.82, 2.24) is 9.55 Å². The van der Waals surface area contributed by atoms with E-state index in [4.69, 9.17) is 9.84 Å². The van der Waals surface area contributed by atoms with E-state index in [1.54, 1.807) is 6.20 Å². The Morgan fingerprint density at radius 3 is 1.64 bits per heavy atom. The molecule has 0 saturated carbocycles. The molecule has 0 aliphatic carbocycles. The molecule has 0 fully saturated rings. The summed E-state index contributed by atoms with van der Waals surface area (Å²) in [6, 6.07) is 28.1. The number of rotatable bonds is 8. The van der Waals surface area contributed by atoms with Gasteiger partial charge in [0, 0.05) is 12.4 Å². The van der Waals surface area contributed by atoms with Crippen molar-refractivity contribution < 1.29 is 23.0 Å². The van der Waals surface area contributed by atoms with Gasteiger partial charge in [-0.2, -0.15) is 13.2 Å². The average molecular weight is 452 g/mol. The Kier molecular flexibility index (Phi) is 6.62. The Morgan fingerprint density at radius 2 is 1.24 bits per heavy atom. The van der Waals surface area contributed by atoms with Crippen LogP contribution in [0.4, 0.5) is 13.2 Å². The number of aromatic nitrogens is 2. The van der Waals surface area contributed by atoms with E-state index in [1.165, 1.54) is 10.8 Å². The number of halogens is 3. The molecule has 0 aliphatic heterocycles.